The summed E-state index contributed by atoms with van der Waals surface area (Å²) >= 11 is 0. The van der Waals surface area contributed by atoms with Gasteiger partial charge in [0.2, 0.25) is 0 Å². The van der Waals surface area contributed by atoms with Crippen molar-refractivity contribution in [2.24, 2.45) is 0 Å². The van der Waals surface area contributed by atoms with Gasteiger partial charge in [-0.15, -0.1) is 0 Å². The number of aromatic nitrogens is 2. The second-order valence-corrected chi connectivity index (χ2v) is 3.87. The molecule has 0 radical (unpaired) electrons. The molecule has 4 nitrogen and oxygen atoms in total. The van der Waals surface area contributed by atoms with Crippen LogP contribution in [0, 0.1) is 0 Å². The quantitative estimate of drug-likeness (QED) is 0.739. The van der Waals surface area contributed by atoms with E-state index in [1.165, 1.54) is 0 Å². The standard InChI is InChI=1S/C12H20N4/c1-5-16(9-10(2)3)12-8-14-11(6-13-4)7-15-12/h7-8,13H,2,5-6,9H2,1,3-4H3. The summed E-state index contributed by atoms with van der Waals surface area (Å²) in [5.74, 6) is 0.908. The topological polar surface area (TPSA) is 41.1 Å². The summed E-state index contributed by atoms with van der Waals surface area (Å²) < 4.78 is 0. The Hall–Kier alpha value is -1.42. The van der Waals surface area contributed by atoms with Gasteiger partial charge >= 0.3 is 0 Å². The monoisotopic (exact) mass is 220 g/mol. The van der Waals surface area contributed by atoms with Gasteiger partial charge in [-0.1, -0.05) is 12.2 Å². The Morgan fingerprint density at radius 1 is 1.44 bits per heavy atom. The maximum Gasteiger partial charge on any atom is 0.147 e. The van der Waals surface area contributed by atoms with Gasteiger partial charge in [-0.3, -0.25) is 4.98 Å². The van der Waals surface area contributed by atoms with E-state index in [4.69, 9.17) is 0 Å². The molecule has 0 unspecified atom stereocenters. The van der Waals surface area contributed by atoms with Crippen LogP contribution in [0.1, 0.15) is 19.5 Å². The summed E-state index contributed by atoms with van der Waals surface area (Å²) in [6.07, 6.45) is 3.63. The molecule has 0 aromatic carbocycles. The van der Waals surface area contributed by atoms with Gasteiger partial charge in [0.1, 0.15) is 5.82 Å². The Labute approximate surface area is 97.4 Å². The molecule has 0 bridgehead atoms. The minimum absolute atomic E-state index is 0.750. The molecule has 0 aliphatic carbocycles. The molecule has 0 aliphatic rings. The van der Waals surface area contributed by atoms with Crippen molar-refractivity contribution >= 4 is 5.82 Å². The molecule has 1 aromatic rings. The van der Waals surface area contributed by atoms with Crippen LogP contribution in [-0.2, 0) is 6.54 Å². The highest BCUT2D eigenvalue weighted by Gasteiger charge is 2.06. The fourth-order valence-corrected chi connectivity index (χ4v) is 1.46. The Bertz CT molecular complexity index is 331. The zero-order valence-electron chi connectivity index (χ0n) is 10.3. The number of rotatable bonds is 6. The van der Waals surface area contributed by atoms with Crippen molar-refractivity contribution in [2.75, 3.05) is 25.0 Å². The molecule has 4 heteroatoms. The third kappa shape index (κ3) is 3.62. The highest BCUT2D eigenvalue weighted by Crippen LogP contribution is 2.10. The molecule has 0 saturated carbocycles. The zero-order chi connectivity index (χ0) is 12.0. The van der Waals surface area contributed by atoms with E-state index in [0.29, 0.717) is 0 Å². The SMILES string of the molecule is C=C(C)CN(CC)c1cnc(CNC)cn1. The molecule has 0 spiro atoms. The summed E-state index contributed by atoms with van der Waals surface area (Å²) in [5, 5.41) is 3.05. The second-order valence-electron chi connectivity index (χ2n) is 3.87. The van der Waals surface area contributed by atoms with E-state index >= 15 is 0 Å². The van der Waals surface area contributed by atoms with E-state index in [1.54, 1.807) is 0 Å². The first kappa shape index (κ1) is 12.6. The minimum atomic E-state index is 0.750. The molecular weight excluding hydrogens is 200 g/mol. The van der Waals surface area contributed by atoms with Crippen molar-refractivity contribution < 1.29 is 0 Å². The van der Waals surface area contributed by atoms with Gasteiger partial charge in [-0.2, -0.15) is 0 Å². The fourth-order valence-electron chi connectivity index (χ4n) is 1.46. The number of hydrogen-bond acceptors (Lipinski definition) is 4. The molecule has 1 heterocycles. The summed E-state index contributed by atoms with van der Waals surface area (Å²) in [7, 11) is 1.90. The van der Waals surface area contributed by atoms with Crippen LogP contribution in [0.15, 0.2) is 24.5 Å². The zero-order valence-corrected chi connectivity index (χ0v) is 10.3. The highest BCUT2D eigenvalue weighted by atomic mass is 15.2. The number of nitrogens with zero attached hydrogens (tertiary/aromatic N) is 3. The normalized spacial score (nSPS) is 10.2. The average Bonchev–Trinajstić information content (AvgIpc) is 2.27. The van der Waals surface area contributed by atoms with Crippen molar-refractivity contribution in [1.29, 1.82) is 0 Å². The highest BCUT2D eigenvalue weighted by molar-refractivity contribution is 5.37. The van der Waals surface area contributed by atoms with E-state index in [2.05, 4.69) is 33.7 Å². The van der Waals surface area contributed by atoms with Crippen LogP contribution in [0.3, 0.4) is 0 Å². The van der Waals surface area contributed by atoms with E-state index in [1.807, 2.05) is 26.4 Å². The van der Waals surface area contributed by atoms with Crippen molar-refractivity contribution in [1.82, 2.24) is 15.3 Å². The number of nitrogens with one attached hydrogen (secondary N) is 1. The first-order chi connectivity index (χ1) is 7.67. The van der Waals surface area contributed by atoms with E-state index in [0.717, 1.165) is 36.7 Å². The van der Waals surface area contributed by atoms with Crippen molar-refractivity contribution in [3.8, 4) is 0 Å². The van der Waals surface area contributed by atoms with Crippen LogP contribution in [0.4, 0.5) is 5.82 Å². The number of likely N-dealkylation sites (N-methyl/N-ethyl adjacent to an activating group) is 1. The number of anilines is 1. The van der Waals surface area contributed by atoms with E-state index in [-0.39, 0.29) is 0 Å². The number of hydrogen-bond donors (Lipinski definition) is 1. The van der Waals surface area contributed by atoms with Gasteiger partial charge in [0.05, 0.1) is 18.1 Å². The molecule has 0 fully saturated rings. The van der Waals surface area contributed by atoms with Crippen molar-refractivity contribution in [2.45, 2.75) is 20.4 Å². The summed E-state index contributed by atoms with van der Waals surface area (Å²) in [6.45, 7) is 10.5. The first-order valence-electron chi connectivity index (χ1n) is 5.52. The van der Waals surface area contributed by atoms with Crippen LogP contribution in [0.5, 0.6) is 0 Å². The molecule has 16 heavy (non-hydrogen) atoms. The van der Waals surface area contributed by atoms with Crippen LogP contribution < -0.4 is 10.2 Å². The van der Waals surface area contributed by atoms with Gasteiger partial charge in [-0.05, 0) is 20.9 Å². The maximum atomic E-state index is 4.40. The Morgan fingerprint density at radius 2 is 2.19 bits per heavy atom. The van der Waals surface area contributed by atoms with Gasteiger partial charge in [0.15, 0.2) is 0 Å². The third-order valence-corrected chi connectivity index (χ3v) is 2.22. The van der Waals surface area contributed by atoms with Gasteiger partial charge in [0.25, 0.3) is 0 Å². The fraction of sp³-hybridized carbons (Fsp3) is 0.500. The van der Waals surface area contributed by atoms with E-state index in [9.17, 15) is 0 Å². The smallest absolute Gasteiger partial charge is 0.147 e. The van der Waals surface area contributed by atoms with Gasteiger partial charge in [0, 0.05) is 19.6 Å². The van der Waals surface area contributed by atoms with Gasteiger partial charge in [-0.25, -0.2) is 4.98 Å². The lowest BCUT2D eigenvalue weighted by Crippen LogP contribution is -2.25. The molecule has 0 atom stereocenters. The largest absolute Gasteiger partial charge is 0.352 e. The van der Waals surface area contributed by atoms with Gasteiger partial charge < -0.3 is 10.2 Å². The maximum absolute atomic E-state index is 4.40. The Kier molecular flexibility index (Phi) is 4.92. The van der Waals surface area contributed by atoms with Crippen LogP contribution in [-0.4, -0.2) is 30.1 Å². The Balaban J connectivity index is 2.73. The third-order valence-electron chi connectivity index (χ3n) is 2.22. The summed E-state index contributed by atoms with van der Waals surface area (Å²) in [4.78, 5) is 10.9. The molecule has 88 valence electrons. The van der Waals surface area contributed by atoms with Crippen molar-refractivity contribution in [3.05, 3.63) is 30.2 Å². The van der Waals surface area contributed by atoms with Crippen LogP contribution >= 0.6 is 0 Å². The summed E-state index contributed by atoms with van der Waals surface area (Å²) in [5.41, 5.74) is 2.08. The molecule has 0 saturated heterocycles. The lowest BCUT2D eigenvalue weighted by molar-refractivity contribution is 0.777. The molecule has 0 amide bonds. The molecule has 1 aromatic heterocycles. The minimum Gasteiger partial charge on any atom is -0.352 e. The Morgan fingerprint density at radius 3 is 2.62 bits per heavy atom. The van der Waals surface area contributed by atoms with Crippen molar-refractivity contribution in [3.63, 3.8) is 0 Å². The van der Waals surface area contributed by atoms with Crippen LogP contribution in [0.25, 0.3) is 0 Å². The predicted molar refractivity (Wildman–Crippen MR) is 67.5 cm³/mol. The molecular formula is C12H20N4. The molecule has 1 N–H and O–H groups in total. The first-order valence-corrected chi connectivity index (χ1v) is 5.52. The molecule has 0 aliphatic heterocycles. The lowest BCUT2D eigenvalue weighted by Gasteiger charge is -2.21. The van der Waals surface area contributed by atoms with Crippen LogP contribution in [0.2, 0.25) is 0 Å². The van der Waals surface area contributed by atoms with E-state index < -0.39 is 0 Å². The predicted octanol–water partition coefficient (Wildman–Crippen LogP) is 1.60. The average molecular weight is 220 g/mol. The molecule has 1 rings (SSSR count). The lowest BCUT2D eigenvalue weighted by atomic mass is 10.3. The second kappa shape index (κ2) is 6.23. The summed E-state index contributed by atoms with van der Waals surface area (Å²) in [6, 6.07) is 0.